The monoisotopic (exact) mass is 229 g/mol. The van der Waals surface area contributed by atoms with Crippen molar-refractivity contribution in [1.29, 1.82) is 5.26 Å². The minimum atomic E-state index is -0.544. The van der Waals surface area contributed by atoms with Crippen molar-refractivity contribution >= 4 is 17.2 Å². The van der Waals surface area contributed by atoms with E-state index in [9.17, 15) is 4.79 Å². The molecule has 0 saturated carbocycles. The Morgan fingerprint density at radius 1 is 1.41 bits per heavy atom. The summed E-state index contributed by atoms with van der Waals surface area (Å²) in [5, 5.41) is 8.89. The maximum Gasteiger partial charge on any atom is 0.257 e. The van der Waals surface area contributed by atoms with Gasteiger partial charge in [0, 0.05) is 6.07 Å². The molecular formula is C12H13N4O+. The lowest BCUT2D eigenvalue weighted by Gasteiger charge is -2.24. The number of rotatable bonds is 1. The van der Waals surface area contributed by atoms with Gasteiger partial charge in [0.05, 0.1) is 31.3 Å². The number of primary amides is 1. The Morgan fingerprint density at radius 2 is 2.06 bits per heavy atom. The first-order valence-corrected chi connectivity index (χ1v) is 5.08. The summed E-state index contributed by atoms with van der Waals surface area (Å²) in [7, 11) is 3.70. The maximum atomic E-state index is 11.4. The van der Waals surface area contributed by atoms with Crippen LogP contribution in [0.2, 0.25) is 0 Å². The third-order valence-corrected chi connectivity index (χ3v) is 3.10. The molecule has 1 heterocycles. The zero-order valence-electron chi connectivity index (χ0n) is 9.69. The highest BCUT2D eigenvalue weighted by Gasteiger charge is 2.40. The lowest BCUT2D eigenvalue weighted by atomic mass is 10.0. The average Bonchev–Trinajstić information content (AvgIpc) is 2.47. The number of amides is 1. The Balaban J connectivity index is 2.76. The van der Waals surface area contributed by atoms with Gasteiger partial charge in [0.1, 0.15) is 11.3 Å². The van der Waals surface area contributed by atoms with Gasteiger partial charge in [-0.15, -0.1) is 0 Å². The van der Waals surface area contributed by atoms with Gasteiger partial charge in [-0.3, -0.25) is 4.79 Å². The van der Waals surface area contributed by atoms with Gasteiger partial charge in [-0.05, 0) is 12.1 Å². The normalized spacial score (nSPS) is 16.5. The molecule has 1 aliphatic heterocycles. The van der Waals surface area contributed by atoms with Crippen molar-refractivity contribution in [2.75, 3.05) is 14.1 Å². The summed E-state index contributed by atoms with van der Waals surface area (Å²) in [6.07, 6.45) is 0. The van der Waals surface area contributed by atoms with Crippen LogP contribution in [-0.2, 0) is 4.79 Å². The smallest absolute Gasteiger partial charge is 0.257 e. The van der Waals surface area contributed by atoms with Gasteiger partial charge in [-0.2, -0.15) is 5.26 Å². The molecule has 4 N–H and O–H groups in total. The van der Waals surface area contributed by atoms with Crippen molar-refractivity contribution in [3.63, 3.8) is 0 Å². The SMILES string of the molecule is C[N+]1(C)C(N)=C(C(N)=O)c2ccc(C#N)cc21. The molecule has 1 amide bonds. The lowest BCUT2D eigenvalue weighted by Crippen LogP contribution is -2.41. The van der Waals surface area contributed by atoms with E-state index in [0.29, 0.717) is 22.5 Å². The molecule has 0 aromatic heterocycles. The molecule has 17 heavy (non-hydrogen) atoms. The first kappa shape index (κ1) is 11.2. The zero-order chi connectivity index (χ0) is 12.8. The van der Waals surface area contributed by atoms with E-state index in [4.69, 9.17) is 16.7 Å². The maximum absolute atomic E-state index is 11.4. The number of benzene rings is 1. The topological polar surface area (TPSA) is 92.9 Å². The van der Waals surface area contributed by atoms with Gasteiger partial charge >= 0.3 is 0 Å². The number of carbonyl (C=O) groups is 1. The van der Waals surface area contributed by atoms with Crippen LogP contribution in [0, 0.1) is 11.3 Å². The summed E-state index contributed by atoms with van der Waals surface area (Å²) in [6.45, 7) is 0. The summed E-state index contributed by atoms with van der Waals surface area (Å²) in [4.78, 5) is 11.4. The van der Waals surface area contributed by atoms with Crippen molar-refractivity contribution in [2.24, 2.45) is 11.5 Å². The number of quaternary nitrogens is 1. The van der Waals surface area contributed by atoms with E-state index in [1.165, 1.54) is 0 Å². The highest BCUT2D eigenvalue weighted by Crippen LogP contribution is 2.41. The van der Waals surface area contributed by atoms with Gasteiger partial charge in [0.2, 0.25) is 5.82 Å². The van der Waals surface area contributed by atoms with Crippen LogP contribution >= 0.6 is 0 Å². The average molecular weight is 229 g/mol. The summed E-state index contributed by atoms with van der Waals surface area (Å²) in [5.74, 6) is -0.139. The fourth-order valence-corrected chi connectivity index (χ4v) is 2.08. The Labute approximate surface area is 99.1 Å². The molecule has 0 bridgehead atoms. The molecule has 0 spiro atoms. The van der Waals surface area contributed by atoms with Crippen LogP contribution in [0.25, 0.3) is 5.57 Å². The van der Waals surface area contributed by atoms with Crippen LogP contribution in [-0.4, -0.2) is 20.0 Å². The van der Waals surface area contributed by atoms with Crippen molar-refractivity contribution in [3.8, 4) is 6.07 Å². The predicted molar refractivity (Wildman–Crippen MR) is 65.1 cm³/mol. The van der Waals surface area contributed by atoms with Crippen LogP contribution < -0.4 is 16.0 Å². The van der Waals surface area contributed by atoms with Gasteiger partial charge in [-0.1, -0.05) is 0 Å². The van der Waals surface area contributed by atoms with E-state index in [0.717, 1.165) is 5.69 Å². The first-order chi connectivity index (χ1) is 7.89. The van der Waals surface area contributed by atoms with Gasteiger partial charge in [0.15, 0.2) is 0 Å². The number of fused-ring (bicyclic) bond motifs is 1. The summed E-state index contributed by atoms with van der Waals surface area (Å²) < 4.78 is 0.239. The van der Waals surface area contributed by atoms with Crippen molar-refractivity contribution in [2.45, 2.75) is 0 Å². The molecule has 0 unspecified atom stereocenters. The van der Waals surface area contributed by atoms with Crippen molar-refractivity contribution < 1.29 is 4.79 Å². The summed E-state index contributed by atoms with van der Waals surface area (Å²) in [6, 6.07) is 7.17. The molecule has 0 aliphatic carbocycles. The number of carbonyl (C=O) groups excluding carboxylic acids is 1. The van der Waals surface area contributed by atoms with E-state index in [1.54, 1.807) is 18.2 Å². The molecule has 1 aliphatic rings. The third kappa shape index (κ3) is 1.39. The van der Waals surface area contributed by atoms with E-state index in [1.807, 2.05) is 14.1 Å². The molecule has 0 radical (unpaired) electrons. The molecule has 1 aromatic rings. The fraction of sp³-hybridized carbons (Fsp3) is 0.167. The van der Waals surface area contributed by atoms with Crippen LogP contribution in [0.1, 0.15) is 11.1 Å². The second kappa shape index (κ2) is 3.34. The molecule has 2 rings (SSSR count). The molecule has 86 valence electrons. The molecule has 0 saturated heterocycles. The first-order valence-electron chi connectivity index (χ1n) is 5.08. The summed E-state index contributed by atoms with van der Waals surface area (Å²) in [5.41, 5.74) is 13.7. The van der Waals surface area contributed by atoms with Crippen molar-refractivity contribution in [1.82, 2.24) is 4.48 Å². The predicted octanol–water partition coefficient (Wildman–Crippen LogP) is 0.251. The molecular weight excluding hydrogens is 216 g/mol. The minimum absolute atomic E-state index is 0.239. The van der Waals surface area contributed by atoms with Crippen molar-refractivity contribution in [3.05, 3.63) is 35.1 Å². The molecule has 0 fully saturated rings. The fourth-order valence-electron chi connectivity index (χ4n) is 2.08. The van der Waals surface area contributed by atoms with Crippen LogP contribution in [0.3, 0.4) is 0 Å². The second-order valence-electron chi connectivity index (χ2n) is 4.42. The number of nitrogens with two attached hydrogens (primary N) is 2. The van der Waals surface area contributed by atoms with Crippen LogP contribution in [0.4, 0.5) is 5.69 Å². The van der Waals surface area contributed by atoms with Gasteiger partial charge < -0.3 is 11.5 Å². The molecule has 1 aromatic carbocycles. The van der Waals surface area contributed by atoms with Crippen LogP contribution in [0.15, 0.2) is 24.0 Å². The van der Waals surface area contributed by atoms with E-state index >= 15 is 0 Å². The highest BCUT2D eigenvalue weighted by atomic mass is 16.1. The zero-order valence-corrected chi connectivity index (χ0v) is 9.69. The second-order valence-corrected chi connectivity index (χ2v) is 4.42. The quantitative estimate of drug-likeness (QED) is 0.676. The van der Waals surface area contributed by atoms with Crippen LogP contribution in [0.5, 0.6) is 0 Å². The van der Waals surface area contributed by atoms with E-state index in [-0.39, 0.29) is 4.48 Å². The number of nitrogens with zero attached hydrogens (tertiary/aromatic N) is 2. The standard InChI is InChI=1S/C12H12N4O/c1-16(2)9-5-7(6-13)3-4-8(9)10(11(16)14)12(15)17/h3-5H,1-2H3,(H3-,14,15,17)/p+1. The summed E-state index contributed by atoms with van der Waals surface area (Å²) >= 11 is 0. The number of nitriles is 1. The van der Waals surface area contributed by atoms with Gasteiger partial charge in [0.25, 0.3) is 5.91 Å². The minimum Gasteiger partial charge on any atom is -0.365 e. The van der Waals surface area contributed by atoms with E-state index in [2.05, 4.69) is 6.07 Å². The highest BCUT2D eigenvalue weighted by molar-refractivity contribution is 6.22. The Morgan fingerprint density at radius 3 is 2.59 bits per heavy atom. The molecule has 5 nitrogen and oxygen atoms in total. The largest absolute Gasteiger partial charge is 0.365 e. The Kier molecular flexibility index (Phi) is 2.19. The lowest BCUT2D eigenvalue weighted by molar-refractivity contribution is -0.112. The molecule has 5 heteroatoms. The van der Waals surface area contributed by atoms with E-state index < -0.39 is 5.91 Å². The van der Waals surface area contributed by atoms with Gasteiger partial charge in [-0.25, -0.2) is 4.48 Å². The number of hydrogen-bond acceptors (Lipinski definition) is 3. The Bertz CT molecular complexity index is 593. The Hall–Kier alpha value is -2.32. The number of hydrogen-bond donors (Lipinski definition) is 2. The third-order valence-electron chi connectivity index (χ3n) is 3.10. The molecule has 0 atom stereocenters.